The topological polar surface area (TPSA) is 26.7 Å². The first-order valence-corrected chi connectivity index (χ1v) is 11.4. The molecule has 0 aromatic heterocycles. The zero-order valence-electron chi connectivity index (χ0n) is 18.8. The number of hydrogen-bond donors (Lipinski definition) is 1. The summed E-state index contributed by atoms with van der Waals surface area (Å²) < 4.78 is 0. The van der Waals surface area contributed by atoms with Crippen LogP contribution in [0.2, 0.25) is 0 Å². The molecule has 2 aliphatic rings. The SMILES string of the molecule is Cc1cccc(CCC=C[C@@H]2[C@H]3CC(CN(C)CCCN(C)C)=C[C@H]3C[C@H]2O)c1. The molecule has 0 aliphatic heterocycles. The molecule has 1 aromatic rings. The molecule has 0 amide bonds. The van der Waals surface area contributed by atoms with Gasteiger partial charge in [0, 0.05) is 12.5 Å². The van der Waals surface area contributed by atoms with Crippen molar-refractivity contribution in [1.82, 2.24) is 9.80 Å². The van der Waals surface area contributed by atoms with Crippen molar-refractivity contribution in [3.05, 3.63) is 59.2 Å². The summed E-state index contributed by atoms with van der Waals surface area (Å²) in [7, 11) is 6.52. The maximum absolute atomic E-state index is 10.6. The van der Waals surface area contributed by atoms with E-state index in [1.54, 1.807) is 5.57 Å². The van der Waals surface area contributed by atoms with E-state index in [0.717, 1.165) is 45.3 Å². The van der Waals surface area contributed by atoms with E-state index < -0.39 is 0 Å². The zero-order chi connectivity index (χ0) is 20.8. The molecule has 29 heavy (non-hydrogen) atoms. The van der Waals surface area contributed by atoms with Crippen molar-refractivity contribution < 1.29 is 5.11 Å². The molecule has 3 heteroatoms. The lowest BCUT2D eigenvalue weighted by Gasteiger charge is -2.21. The highest BCUT2D eigenvalue weighted by Gasteiger charge is 2.43. The summed E-state index contributed by atoms with van der Waals surface area (Å²) in [6.45, 7) is 5.53. The molecule has 0 bridgehead atoms. The van der Waals surface area contributed by atoms with E-state index in [1.165, 1.54) is 17.5 Å². The Bertz CT molecular complexity index is 708. The van der Waals surface area contributed by atoms with Gasteiger partial charge in [-0.25, -0.2) is 0 Å². The third-order valence-electron chi connectivity index (χ3n) is 6.61. The highest BCUT2D eigenvalue weighted by molar-refractivity contribution is 5.23. The van der Waals surface area contributed by atoms with Crippen molar-refractivity contribution in [3.8, 4) is 0 Å². The minimum Gasteiger partial charge on any atom is -0.392 e. The summed E-state index contributed by atoms with van der Waals surface area (Å²) >= 11 is 0. The maximum Gasteiger partial charge on any atom is 0.0611 e. The van der Waals surface area contributed by atoms with Crippen molar-refractivity contribution in [1.29, 1.82) is 0 Å². The van der Waals surface area contributed by atoms with E-state index in [9.17, 15) is 5.11 Å². The van der Waals surface area contributed by atoms with Crippen LogP contribution in [-0.4, -0.2) is 61.8 Å². The number of rotatable bonds is 10. The Morgan fingerprint density at radius 2 is 2.00 bits per heavy atom. The second-order valence-electron chi connectivity index (χ2n) is 9.59. The number of fused-ring (bicyclic) bond motifs is 1. The normalized spacial score (nSPS) is 26.7. The molecule has 2 aliphatic carbocycles. The molecule has 1 fully saturated rings. The van der Waals surface area contributed by atoms with Crippen LogP contribution in [0.25, 0.3) is 0 Å². The van der Waals surface area contributed by atoms with Gasteiger partial charge in [0.15, 0.2) is 0 Å². The van der Waals surface area contributed by atoms with Gasteiger partial charge in [0.05, 0.1) is 6.10 Å². The molecule has 160 valence electrons. The third-order valence-corrected chi connectivity index (χ3v) is 6.61. The second kappa shape index (κ2) is 10.6. The molecule has 3 nitrogen and oxygen atoms in total. The standard InChI is InChI=1S/C26H40N2O/c1-20-9-7-11-21(15-20)10-5-6-12-24-25-17-22(16-23(25)18-26(24)29)19-28(4)14-8-13-27(2)3/h6-7,9,11-12,15-16,23-26,29H,5,8,10,13-14,17-19H2,1-4H3/t23-,24+,25-,26+/m0/s1. The predicted octanol–water partition coefficient (Wildman–Crippen LogP) is 4.31. The summed E-state index contributed by atoms with van der Waals surface area (Å²) in [5.41, 5.74) is 4.32. The number of aliphatic hydroxyl groups excluding tert-OH is 1. The van der Waals surface area contributed by atoms with E-state index in [1.807, 2.05) is 0 Å². The minimum atomic E-state index is -0.171. The van der Waals surface area contributed by atoms with Crippen LogP contribution in [-0.2, 0) is 6.42 Å². The molecule has 3 rings (SSSR count). The molecule has 1 aromatic carbocycles. The van der Waals surface area contributed by atoms with Crippen LogP contribution in [0, 0.1) is 24.7 Å². The average Bonchev–Trinajstić information content (AvgIpc) is 3.15. The number of aliphatic hydroxyl groups is 1. The summed E-state index contributed by atoms with van der Waals surface area (Å²) in [5, 5.41) is 10.6. The fourth-order valence-corrected chi connectivity index (χ4v) is 5.18. The number of likely N-dealkylation sites (N-methyl/N-ethyl adjacent to an activating group) is 1. The van der Waals surface area contributed by atoms with Crippen molar-refractivity contribution in [2.24, 2.45) is 17.8 Å². The summed E-state index contributed by atoms with van der Waals surface area (Å²) in [6.07, 6.45) is 12.4. The quantitative estimate of drug-likeness (QED) is 0.597. The smallest absolute Gasteiger partial charge is 0.0611 e. The van der Waals surface area contributed by atoms with E-state index in [-0.39, 0.29) is 6.10 Å². The van der Waals surface area contributed by atoms with Gasteiger partial charge in [0.1, 0.15) is 0 Å². The molecular weight excluding hydrogens is 356 g/mol. The van der Waals surface area contributed by atoms with E-state index in [2.05, 4.69) is 80.4 Å². The van der Waals surface area contributed by atoms with Gasteiger partial charge >= 0.3 is 0 Å². The van der Waals surface area contributed by atoms with Gasteiger partial charge in [-0.3, -0.25) is 0 Å². The Morgan fingerprint density at radius 3 is 2.76 bits per heavy atom. The first kappa shape index (κ1) is 22.3. The van der Waals surface area contributed by atoms with Gasteiger partial charge in [-0.1, -0.05) is 53.6 Å². The summed E-state index contributed by atoms with van der Waals surface area (Å²) in [4.78, 5) is 4.71. The van der Waals surface area contributed by atoms with Crippen LogP contribution in [0.15, 0.2) is 48.1 Å². The van der Waals surface area contributed by atoms with Crippen molar-refractivity contribution in [2.45, 2.75) is 45.1 Å². The van der Waals surface area contributed by atoms with Crippen molar-refractivity contribution in [3.63, 3.8) is 0 Å². The molecule has 1 saturated carbocycles. The largest absolute Gasteiger partial charge is 0.392 e. The number of hydrogen-bond acceptors (Lipinski definition) is 3. The lowest BCUT2D eigenvalue weighted by atomic mass is 9.89. The van der Waals surface area contributed by atoms with Crippen LogP contribution < -0.4 is 0 Å². The zero-order valence-corrected chi connectivity index (χ0v) is 18.8. The van der Waals surface area contributed by atoms with Gasteiger partial charge in [0.2, 0.25) is 0 Å². The first-order valence-electron chi connectivity index (χ1n) is 11.4. The van der Waals surface area contributed by atoms with Crippen molar-refractivity contribution in [2.75, 3.05) is 40.8 Å². The first-order chi connectivity index (χ1) is 13.9. The molecule has 4 atom stereocenters. The fraction of sp³-hybridized carbons (Fsp3) is 0.615. The Kier molecular flexibility index (Phi) is 8.11. The number of allylic oxidation sites excluding steroid dienone is 2. The monoisotopic (exact) mass is 396 g/mol. The van der Waals surface area contributed by atoms with Crippen LogP contribution in [0.5, 0.6) is 0 Å². The highest BCUT2D eigenvalue weighted by Crippen LogP contribution is 2.47. The molecule has 0 saturated heterocycles. The Balaban J connectivity index is 1.45. The molecule has 0 spiro atoms. The van der Waals surface area contributed by atoms with Crippen LogP contribution in [0.3, 0.4) is 0 Å². The lowest BCUT2D eigenvalue weighted by molar-refractivity contribution is 0.141. The molecule has 0 heterocycles. The molecule has 0 unspecified atom stereocenters. The highest BCUT2D eigenvalue weighted by atomic mass is 16.3. The number of aryl methyl sites for hydroxylation is 2. The Hall–Kier alpha value is -1.42. The Morgan fingerprint density at radius 1 is 1.17 bits per heavy atom. The van der Waals surface area contributed by atoms with Crippen LogP contribution in [0.1, 0.15) is 36.8 Å². The summed E-state index contributed by atoms with van der Waals surface area (Å²) in [6, 6.07) is 8.78. The fourth-order valence-electron chi connectivity index (χ4n) is 5.18. The average molecular weight is 397 g/mol. The maximum atomic E-state index is 10.6. The van der Waals surface area contributed by atoms with Gasteiger partial charge in [-0.05, 0) is 90.7 Å². The van der Waals surface area contributed by atoms with Crippen LogP contribution in [0.4, 0.5) is 0 Å². The van der Waals surface area contributed by atoms with Gasteiger partial charge < -0.3 is 14.9 Å². The van der Waals surface area contributed by atoms with Gasteiger partial charge in [-0.15, -0.1) is 0 Å². The molecule has 0 radical (unpaired) electrons. The van der Waals surface area contributed by atoms with Gasteiger partial charge in [-0.2, -0.15) is 0 Å². The minimum absolute atomic E-state index is 0.171. The molecular formula is C26H40N2O. The predicted molar refractivity (Wildman–Crippen MR) is 123 cm³/mol. The second-order valence-corrected chi connectivity index (χ2v) is 9.59. The van der Waals surface area contributed by atoms with Gasteiger partial charge in [0.25, 0.3) is 0 Å². The number of nitrogens with zero attached hydrogens (tertiary/aromatic N) is 2. The van der Waals surface area contributed by atoms with E-state index in [0.29, 0.717) is 17.8 Å². The lowest BCUT2D eigenvalue weighted by Crippen LogP contribution is -2.26. The number of benzene rings is 1. The van der Waals surface area contributed by atoms with E-state index in [4.69, 9.17) is 0 Å². The van der Waals surface area contributed by atoms with Crippen LogP contribution >= 0.6 is 0 Å². The van der Waals surface area contributed by atoms with E-state index >= 15 is 0 Å². The summed E-state index contributed by atoms with van der Waals surface area (Å²) in [5.74, 6) is 1.50. The third kappa shape index (κ3) is 6.53. The van der Waals surface area contributed by atoms with Crippen molar-refractivity contribution >= 4 is 0 Å². The Labute approximate surface area is 178 Å². The molecule has 1 N–H and O–H groups in total.